The highest BCUT2D eigenvalue weighted by molar-refractivity contribution is 5.69. The van der Waals surface area contributed by atoms with Gasteiger partial charge in [-0.05, 0) is 31.9 Å². The number of unbranched alkanes of at least 4 members (excludes halogenated alkanes) is 2. The molecule has 17 heavy (non-hydrogen) atoms. The van der Waals surface area contributed by atoms with Gasteiger partial charge < -0.3 is 14.4 Å². The molecule has 0 saturated carbocycles. The lowest BCUT2D eigenvalue weighted by molar-refractivity contribution is -0.143. The van der Waals surface area contributed by atoms with Gasteiger partial charge in [0, 0.05) is 24.9 Å². The minimum Gasteiger partial charge on any atom is -0.466 e. The average Bonchev–Trinajstić information content (AvgIpc) is 2.76. The fraction of sp³-hybridized carbons (Fsp3) is 0.615. The predicted octanol–water partition coefficient (Wildman–Crippen LogP) is 2.10. The molecule has 0 unspecified atom stereocenters. The van der Waals surface area contributed by atoms with Gasteiger partial charge in [0.1, 0.15) is 0 Å². The molecule has 0 bridgehead atoms. The van der Waals surface area contributed by atoms with Gasteiger partial charge >= 0.3 is 5.97 Å². The Hall–Kier alpha value is -1.29. The van der Waals surface area contributed by atoms with Crippen molar-refractivity contribution in [3.8, 4) is 0 Å². The second kappa shape index (κ2) is 7.90. The Morgan fingerprint density at radius 2 is 2.24 bits per heavy atom. The van der Waals surface area contributed by atoms with Crippen molar-refractivity contribution in [1.82, 2.24) is 4.57 Å². The molecule has 1 N–H and O–H groups in total. The molecule has 0 fully saturated rings. The van der Waals surface area contributed by atoms with E-state index in [1.165, 1.54) is 0 Å². The molecule has 4 heteroatoms. The minimum absolute atomic E-state index is 0.0792. The van der Waals surface area contributed by atoms with Crippen LogP contribution in [0.2, 0.25) is 0 Å². The number of esters is 1. The third-order valence-electron chi connectivity index (χ3n) is 2.67. The summed E-state index contributed by atoms with van der Waals surface area (Å²) in [6, 6.07) is 3.85. The summed E-state index contributed by atoms with van der Waals surface area (Å²) in [6.07, 6.45) is 5.36. The first-order valence-corrected chi connectivity index (χ1v) is 6.18. The zero-order valence-corrected chi connectivity index (χ0v) is 10.4. The van der Waals surface area contributed by atoms with E-state index in [2.05, 4.69) is 0 Å². The molecular formula is C13H21NO3. The highest BCUT2D eigenvalue weighted by atomic mass is 16.5. The fourth-order valence-electron chi connectivity index (χ4n) is 1.77. The largest absolute Gasteiger partial charge is 0.466 e. The predicted molar refractivity (Wildman–Crippen MR) is 65.5 cm³/mol. The van der Waals surface area contributed by atoms with Gasteiger partial charge in [0.2, 0.25) is 0 Å². The molecule has 0 aliphatic rings. The van der Waals surface area contributed by atoms with Gasteiger partial charge in [-0.3, -0.25) is 4.79 Å². The summed E-state index contributed by atoms with van der Waals surface area (Å²) in [4.78, 5) is 11.1. The lowest BCUT2D eigenvalue weighted by atomic mass is 10.2. The normalized spacial score (nSPS) is 10.5. The van der Waals surface area contributed by atoms with Crippen LogP contribution in [0.25, 0.3) is 0 Å². The van der Waals surface area contributed by atoms with Crippen molar-refractivity contribution in [2.24, 2.45) is 0 Å². The fourth-order valence-corrected chi connectivity index (χ4v) is 1.77. The standard InChI is InChI=1S/C13H21NO3/c1-2-17-13(16)8-4-3-5-9-14-10-6-7-12(14)11-15/h6-7,10,15H,2-5,8-9,11H2,1H3. The highest BCUT2D eigenvalue weighted by Crippen LogP contribution is 2.07. The van der Waals surface area contributed by atoms with E-state index in [1.807, 2.05) is 29.8 Å². The third kappa shape index (κ3) is 5.04. The molecule has 0 aromatic carbocycles. The smallest absolute Gasteiger partial charge is 0.305 e. The Bertz CT molecular complexity index is 333. The van der Waals surface area contributed by atoms with E-state index in [4.69, 9.17) is 9.84 Å². The number of hydrogen-bond donors (Lipinski definition) is 1. The number of nitrogens with zero attached hydrogens (tertiary/aromatic N) is 1. The summed E-state index contributed by atoms with van der Waals surface area (Å²) in [5, 5.41) is 9.06. The Morgan fingerprint density at radius 3 is 2.94 bits per heavy atom. The van der Waals surface area contributed by atoms with Gasteiger partial charge in [-0.1, -0.05) is 6.42 Å². The molecule has 0 radical (unpaired) electrons. The molecule has 1 rings (SSSR count). The first-order chi connectivity index (χ1) is 8.27. The van der Waals surface area contributed by atoms with E-state index in [0.717, 1.165) is 31.5 Å². The van der Waals surface area contributed by atoms with Crippen LogP contribution in [-0.2, 0) is 22.7 Å². The van der Waals surface area contributed by atoms with Crippen molar-refractivity contribution in [1.29, 1.82) is 0 Å². The molecule has 1 aromatic rings. The second-order valence-electron chi connectivity index (χ2n) is 3.97. The van der Waals surface area contributed by atoms with Gasteiger partial charge in [-0.25, -0.2) is 0 Å². The Morgan fingerprint density at radius 1 is 1.41 bits per heavy atom. The average molecular weight is 239 g/mol. The van der Waals surface area contributed by atoms with Crippen molar-refractivity contribution in [3.05, 3.63) is 24.0 Å². The van der Waals surface area contributed by atoms with Crippen LogP contribution in [0.1, 0.15) is 38.3 Å². The molecule has 0 spiro atoms. The van der Waals surface area contributed by atoms with E-state index < -0.39 is 0 Å². The number of ether oxygens (including phenoxy) is 1. The number of rotatable bonds is 8. The van der Waals surface area contributed by atoms with Gasteiger partial charge in [0.05, 0.1) is 13.2 Å². The van der Waals surface area contributed by atoms with E-state index in [-0.39, 0.29) is 12.6 Å². The maximum absolute atomic E-state index is 11.1. The van der Waals surface area contributed by atoms with Crippen molar-refractivity contribution in [2.45, 2.75) is 45.8 Å². The van der Waals surface area contributed by atoms with Crippen LogP contribution in [0.15, 0.2) is 18.3 Å². The van der Waals surface area contributed by atoms with Crippen LogP contribution in [0, 0.1) is 0 Å². The number of hydrogen-bond acceptors (Lipinski definition) is 3. The van der Waals surface area contributed by atoms with Gasteiger partial charge in [-0.2, -0.15) is 0 Å². The summed E-state index contributed by atoms with van der Waals surface area (Å²) in [5.74, 6) is -0.107. The number of aryl methyl sites for hydroxylation is 1. The van der Waals surface area contributed by atoms with Crippen molar-refractivity contribution < 1.29 is 14.6 Å². The summed E-state index contributed by atoms with van der Waals surface area (Å²) in [5.41, 5.74) is 0.940. The summed E-state index contributed by atoms with van der Waals surface area (Å²) in [7, 11) is 0. The topological polar surface area (TPSA) is 51.5 Å². The molecule has 0 amide bonds. The van der Waals surface area contributed by atoms with Gasteiger partial charge in [0.15, 0.2) is 0 Å². The molecule has 0 atom stereocenters. The van der Waals surface area contributed by atoms with Crippen LogP contribution < -0.4 is 0 Å². The number of carbonyl (C=O) groups excluding carboxylic acids is 1. The quantitative estimate of drug-likeness (QED) is 0.558. The van der Waals surface area contributed by atoms with Crippen molar-refractivity contribution in [3.63, 3.8) is 0 Å². The monoisotopic (exact) mass is 239 g/mol. The summed E-state index contributed by atoms with van der Waals surface area (Å²) >= 11 is 0. The van der Waals surface area contributed by atoms with Crippen LogP contribution in [0.4, 0.5) is 0 Å². The molecular weight excluding hydrogens is 218 g/mol. The Kier molecular flexibility index (Phi) is 6.40. The molecule has 96 valence electrons. The lowest BCUT2D eigenvalue weighted by Gasteiger charge is -2.07. The molecule has 4 nitrogen and oxygen atoms in total. The van der Waals surface area contributed by atoms with E-state index >= 15 is 0 Å². The first-order valence-electron chi connectivity index (χ1n) is 6.18. The number of aliphatic hydroxyl groups excluding tert-OH is 1. The van der Waals surface area contributed by atoms with Crippen molar-refractivity contribution in [2.75, 3.05) is 6.61 Å². The number of aromatic nitrogens is 1. The van der Waals surface area contributed by atoms with Crippen LogP contribution in [0.3, 0.4) is 0 Å². The molecule has 1 aromatic heterocycles. The maximum Gasteiger partial charge on any atom is 0.305 e. The van der Waals surface area contributed by atoms with Crippen LogP contribution in [0.5, 0.6) is 0 Å². The SMILES string of the molecule is CCOC(=O)CCCCCn1cccc1CO. The zero-order chi connectivity index (χ0) is 12.5. The van der Waals surface area contributed by atoms with Crippen molar-refractivity contribution >= 4 is 5.97 Å². The molecule has 0 saturated heterocycles. The third-order valence-corrected chi connectivity index (χ3v) is 2.67. The first kappa shape index (κ1) is 13.8. The van der Waals surface area contributed by atoms with E-state index in [9.17, 15) is 4.79 Å². The van der Waals surface area contributed by atoms with Crippen LogP contribution in [-0.4, -0.2) is 22.2 Å². The van der Waals surface area contributed by atoms with E-state index in [0.29, 0.717) is 13.0 Å². The molecule has 0 aliphatic heterocycles. The van der Waals surface area contributed by atoms with Gasteiger partial charge in [0.25, 0.3) is 0 Å². The Labute approximate surface area is 102 Å². The van der Waals surface area contributed by atoms with Crippen LogP contribution >= 0.6 is 0 Å². The number of aliphatic hydroxyl groups is 1. The minimum atomic E-state index is -0.107. The van der Waals surface area contributed by atoms with Gasteiger partial charge in [-0.15, -0.1) is 0 Å². The zero-order valence-electron chi connectivity index (χ0n) is 10.4. The lowest BCUT2D eigenvalue weighted by Crippen LogP contribution is -2.04. The second-order valence-corrected chi connectivity index (χ2v) is 3.97. The number of carbonyl (C=O) groups is 1. The maximum atomic E-state index is 11.1. The molecule has 0 aliphatic carbocycles. The summed E-state index contributed by atoms with van der Waals surface area (Å²) < 4.78 is 6.90. The highest BCUT2D eigenvalue weighted by Gasteiger charge is 2.02. The van der Waals surface area contributed by atoms with E-state index in [1.54, 1.807) is 0 Å². The molecule has 1 heterocycles. The Balaban J connectivity index is 2.10. The summed E-state index contributed by atoms with van der Waals surface area (Å²) in [6.45, 7) is 3.25.